The van der Waals surface area contributed by atoms with Crippen LogP contribution in [-0.2, 0) is 9.59 Å². The van der Waals surface area contributed by atoms with Crippen LogP contribution in [-0.4, -0.2) is 29.6 Å². The maximum atomic E-state index is 11.8. The van der Waals surface area contributed by atoms with E-state index in [0.717, 1.165) is 12.2 Å². The van der Waals surface area contributed by atoms with Gasteiger partial charge in [-0.05, 0) is 25.0 Å². The van der Waals surface area contributed by atoms with Crippen LogP contribution in [0, 0.1) is 0 Å². The lowest BCUT2D eigenvalue weighted by Gasteiger charge is -2.16. The van der Waals surface area contributed by atoms with Crippen LogP contribution >= 0.6 is 0 Å². The van der Waals surface area contributed by atoms with E-state index in [-0.39, 0.29) is 18.4 Å². The molecule has 0 heterocycles. The van der Waals surface area contributed by atoms with E-state index in [1.807, 2.05) is 37.3 Å². The van der Waals surface area contributed by atoms with Gasteiger partial charge in [0.15, 0.2) is 0 Å². The van der Waals surface area contributed by atoms with E-state index in [9.17, 15) is 9.59 Å². The van der Waals surface area contributed by atoms with Crippen LogP contribution in [0.3, 0.4) is 0 Å². The third-order valence-corrected chi connectivity index (χ3v) is 2.98. The maximum absolute atomic E-state index is 11.8. The van der Waals surface area contributed by atoms with Gasteiger partial charge in [-0.15, -0.1) is 0 Å². The topological polar surface area (TPSA) is 75.6 Å². The van der Waals surface area contributed by atoms with Gasteiger partial charge in [-0.2, -0.15) is 0 Å². The Hall–Kier alpha value is -2.04. The second kappa shape index (κ2) is 9.80. The first-order valence-electron chi connectivity index (χ1n) is 7.30. The Morgan fingerprint density at radius 1 is 1.29 bits per heavy atom. The van der Waals surface area contributed by atoms with Gasteiger partial charge in [0.2, 0.25) is 5.91 Å². The predicted molar refractivity (Wildman–Crippen MR) is 80.3 cm³/mol. The molecule has 1 aromatic rings. The molecule has 1 rings (SSSR count). The summed E-state index contributed by atoms with van der Waals surface area (Å²) in [5.41, 5.74) is 0. The fraction of sp³-hybridized carbons (Fsp3) is 0.500. The molecule has 116 valence electrons. The van der Waals surface area contributed by atoms with Gasteiger partial charge >= 0.3 is 5.97 Å². The van der Waals surface area contributed by atoms with Gasteiger partial charge < -0.3 is 15.2 Å². The van der Waals surface area contributed by atoms with Crippen LogP contribution in [0.4, 0.5) is 0 Å². The highest BCUT2D eigenvalue weighted by atomic mass is 16.5. The van der Waals surface area contributed by atoms with Crippen molar-refractivity contribution in [2.24, 2.45) is 0 Å². The summed E-state index contributed by atoms with van der Waals surface area (Å²) in [6, 6.07) is 9.15. The number of benzene rings is 1. The highest BCUT2D eigenvalue weighted by molar-refractivity contribution is 5.77. The molecule has 5 nitrogen and oxygen atoms in total. The number of carbonyl (C=O) groups excluding carboxylic acids is 1. The van der Waals surface area contributed by atoms with Crippen LogP contribution in [0.2, 0.25) is 0 Å². The van der Waals surface area contributed by atoms with Gasteiger partial charge in [-0.1, -0.05) is 31.5 Å². The van der Waals surface area contributed by atoms with Crippen LogP contribution < -0.4 is 10.1 Å². The Balaban J connectivity index is 2.21. The van der Waals surface area contributed by atoms with Crippen LogP contribution in [0.5, 0.6) is 5.75 Å². The highest BCUT2D eigenvalue weighted by Gasteiger charge is 2.14. The fourth-order valence-electron chi connectivity index (χ4n) is 2.02. The number of ether oxygens (including phenoxy) is 1. The summed E-state index contributed by atoms with van der Waals surface area (Å²) < 4.78 is 5.50. The average Bonchev–Trinajstić information content (AvgIpc) is 2.44. The lowest BCUT2D eigenvalue weighted by molar-refractivity contribution is -0.137. The smallest absolute Gasteiger partial charge is 0.305 e. The van der Waals surface area contributed by atoms with E-state index in [1.54, 1.807) is 0 Å². The van der Waals surface area contributed by atoms with E-state index >= 15 is 0 Å². The van der Waals surface area contributed by atoms with Crippen molar-refractivity contribution in [2.75, 3.05) is 6.61 Å². The molecule has 2 N–H and O–H groups in total. The molecule has 0 bridgehead atoms. The number of para-hydroxylation sites is 1. The Kier molecular flexibility index (Phi) is 7.94. The third-order valence-electron chi connectivity index (χ3n) is 2.98. The molecule has 0 fully saturated rings. The number of hydrogen-bond donors (Lipinski definition) is 2. The van der Waals surface area contributed by atoms with Crippen LogP contribution in [0.15, 0.2) is 30.3 Å². The zero-order valence-corrected chi connectivity index (χ0v) is 12.4. The molecule has 0 aliphatic carbocycles. The van der Waals surface area contributed by atoms with E-state index in [4.69, 9.17) is 9.84 Å². The fourth-order valence-corrected chi connectivity index (χ4v) is 2.02. The molecule has 0 aromatic heterocycles. The van der Waals surface area contributed by atoms with E-state index in [0.29, 0.717) is 25.9 Å². The van der Waals surface area contributed by atoms with Crippen molar-refractivity contribution in [3.8, 4) is 5.75 Å². The summed E-state index contributed by atoms with van der Waals surface area (Å²) in [6.45, 7) is 2.43. The first kappa shape index (κ1) is 17.0. The number of nitrogens with one attached hydrogen (secondary N) is 1. The number of carboxylic acid groups (broad SMARTS) is 1. The van der Waals surface area contributed by atoms with Gasteiger partial charge in [0.1, 0.15) is 5.75 Å². The number of carbonyl (C=O) groups is 2. The molecule has 5 heteroatoms. The zero-order valence-electron chi connectivity index (χ0n) is 12.4. The lowest BCUT2D eigenvalue weighted by Crippen LogP contribution is -2.36. The van der Waals surface area contributed by atoms with Crippen molar-refractivity contribution in [1.82, 2.24) is 5.32 Å². The summed E-state index contributed by atoms with van der Waals surface area (Å²) in [5.74, 6) is -0.222. The van der Waals surface area contributed by atoms with Crippen molar-refractivity contribution in [3.05, 3.63) is 30.3 Å². The standard InChI is InChI=1S/C16H23NO4/c1-2-7-13(12-16(19)20)17-15(18)10-6-11-21-14-8-4-3-5-9-14/h3-5,8-9,13H,2,6-7,10-12H2,1H3,(H,17,18)(H,19,20). The minimum Gasteiger partial charge on any atom is -0.494 e. The number of hydrogen-bond acceptors (Lipinski definition) is 3. The highest BCUT2D eigenvalue weighted by Crippen LogP contribution is 2.09. The molecule has 1 atom stereocenters. The monoisotopic (exact) mass is 293 g/mol. The van der Waals surface area contributed by atoms with Gasteiger partial charge in [0.25, 0.3) is 0 Å². The molecular formula is C16H23NO4. The molecule has 0 aliphatic heterocycles. The molecule has 1 aromatic carbocycles. The molecule has 1 amide bonds. The Bertz CT molecular complexity index is 433. The normalized spacial score (nSPS) is 11.7. The summed E-state index contributed by atoms with van der Waals surface area (Å²) in [6.07, 6.45) is 2.44. The van der Waals surface area contributed by atoms with Crippen molar-refractivity contribution in [3.63, 3.8) is 0 Å². The Labute approximate surface area is 125 Å². The summed E-state index contributed by atoms with van der Waals surface area (Å²) in [5, 5.41) is 11.6. The molecular weight excluding hydrogens is 270 g/mol. The average molecular weight is 293 g/mol. The molecule has 0 saturated heterocycles. The largest absolute Gasteiger partial charge is 0.494 e. The maximum Gasteiger partial charge on any atom is 0.305 e. The van der Waals surface area contributed by atoms with Gasteiger partial charge in [0.05, 0.1) is 13.0 Å². The predicted octanol–water partition coefficient (Wildman–Crippen LogP) is 2.61. The second-order valence-corrected chi connectivity index (χ2v) is 4.92. The minimum absolute atomic E-state index is 0.0277. The van der Waals surface area contributed by atoms with Crippen molar-refractivity contribution in [1.29, 1.82) is 0 Å². The number of carboxylic acids is 1. The first-order chi connectivity index (χ1) is 10.1. The lowest BCUT2D eigenvalue weighted by atomic mass is 10.1. The molecule has 1 unspecified atom stereocenters. The van der Waals surface area contributed by atoms with Gasteiger partial charge in [0, 0.05) is 12.5 Å². The van der Waals surface area contributed by atoms with Crippen LogP contribution in [0.25, 0.3) is 0 Å². The molecule has 0 spiro atoms. The number of rotatable bonds is 10. The number of amides is 1. The third kappa shape index (κ3) is 7.97. The summed E-state index contributed by atoms with van der Waals surface area (Å²) >= 11 is 0. The Morgan fingerprint density at radius 2 is 2.00 bits per heavy atom. The minimum atomic E-state index is -0.888. The molecule has 0 radical (unpaired) electrons. The van der Waals surface area contributed by atoms with Crippen molar-refractivity contribution >= 4 is 11.9 Å². The van der Waals surface area contributed by atoms with E-state index < -0.39 is 5.97 Å². The SMILES string of the molecule is CCCC(CC(=O)O)NC(=O)CCCOc1ccccc1. The van der Waals surface area contributed by atoms with Crippen LogP contribution in [0.1, 0.15) is 39.0 Å². The molecule has 0 aliphatic rings. The van der Waals surface area contributed by atoms with Crippen molar-refractivity contribution in [2.45, 2.75) is 45.1 Å². The zero-order chi connectivity index (χ0) is 15.5. The second-order valence-electron chi connectivity index (χ2n) is 4.92. The number of aliphatic carboxylic acids is 1. The molecule has 0 saturated carbocycles. The van der Waals surface area contributed by atoms with E-state index in [1.165, 1.54) is 0 Å². The Morgan fingerprint density at radius 3 is 2.62 bits per heavy atom. The van der Waals surface area contributed by atoms with E-state index in [2.05, 4.69) is 5.32 Å². The van der Waals surface area contributed by atoms with Gasteiger partial charge in [-0.25, -0.2) is 0 Å². The molecule has 21 heavy (non-hydrogen) atoms. The summed E-state index contributed by atoms with van der Waals surface area (Å²) in [7, 11) is 0. The summed E-state index contributed by atoms with van der Waals surface area (Å²) in [4.78, 5) is 22.5. The first-order valence-corrected chi connectivity index (χ1v) is 7.30. The van der Waals surface area contributed by atoms with Gasteiger partial charge in [-0.3, -0.25) is 9.59 Å². The quantitative estimate of drug-likeness (QED) is 0.650. The van der Waals surface area contributed by atoms with Crippen molar-refractivity contribution < 1.29 is 19.4 Å².